The van der Waals surface area contributed by atoms with Crippen LogP contribution in [0.25, 0.3) is 0 Å². The molecule has 0 aliphatic carbocycles. The van der Waals surface area contributed by atoms with Crippen LogP contribution in [-0.4, -0.2) is 30.8 Å². The number of hydrogen-bond donors (Lipinski definition) is 0. The lowest BCUT2D eigenvalue weighted by atomic mass is 9.80. The molecule has 2 aromatic rings. The Morgan fingerprint density at radius 3 is 2.08 bits per heavy atom. The molecule has 0 amide bonds. The average Bonchev–Trinajstić information content (AvgIpc) is 2.56. The lowest BCUT2D eigenvalue weighted by molar-refractivity contribution is -0.137. The quantitative estimate of drug-likeness (QED) is 0.755. The molecule has 0 bridgehead atoms. The van der Waals surface area contributed by atoms with Gasteiger partial charge in [0.2, 0.25) is 0 Å². The second kappa shape index (κ2) is 6.59. The van der Waals surface area contributed by atoms with Crippen LogP contribution in [0.3, 0.4) is 0 Å². The molecule has 2 aromatic carbocycles. The number of Topliss-reactive ketones (excluding diaryl/α,β-unsaturated/α-hetero) is 1. The zero-order valence-corrected chi connectivity index (χ0v) is 13.6. The van der Waals surface area contributed by atoms with Gasteiger partial charge in [0, 0.05) is 13.1 Å². The van der Waals surface area contributed by atoms with Crippen molar-refractivity contribution < 1.29 is 22.4 Å². The standard InChI is InChI=1S/C19H17F4NO/c1-24-10-16(12-4-2-6-14(8-12)19(21,22)23)18(25)17(11-24)13-5-3-7-15(20)9-13/h2-9,16-17H,10-11H2,1H3. The molecule has 3 rings (SSSR count). The number of halogens is 4. The number of rotatable bonds is 2. The van der Waals surface area contributed by atoms with Gasteiger partial charge in [0.1, 0.15) is 11.6 Å². The number of ketones is 1. The maximum absolute atomic E-state index is 13.5. The number of carbonyl (C=O) groups is 1. The second-order valence-corrected chi connectivity index (χ2v) is 6.41. The third kappa shape index (κ3) is 3.74. The second-order valence-electron chi connectivity index (χ2n) is 6.41. The van der Waals surface area contributed by atoms with Gasteiger partial charge in [-0.3, -0.25) is 4.79 Å². The zero-order valence-electron chi connectivity index (χ0n) is 13.6. The van der Waals surface area contributed by atoms with Crippen LogP contribution in [0.1, 0.15) is 28.5 Å². The molecule has 132 valence electrons. The van der Waals surface area contributed by atoms with E-state index in [4.69, 9.17) is 0 Å². The van der Waals surface area contributed by atoms with Crippen LogP contribution in [0.2, 0.25) is 0 Å². The predicted octanol–water partition coefficient (Wildman–Crippen LogP) is 4.23. The Kier molecular flexibility index (Phi) is 4.64. The third-order valence-corrected chi connectivity index (χ3v) is 4.54. The highest BCUT2D eigenvalue weighted by Gasteiger charge is 2.37. The Balaban J connectivity index is 1.95. The van der Waals surface area contributed by atoms with E-state index < -0.39 is 29.4 Å². The number of likely N-dealkylation sites (N-methyl/N-ethyl adjacent to an activating group) is 1. The minimum atomic E-state index is -4.46. The number of nitrogens with zero attached hydrogens (tertiary/aromatic N) is 1. The van der Waals surface area contributed by atoms with Crippen molar-refractivity contribution in [2.75, 3.05) is 20.1 Å². The molecule has 0 spiro atoms. The Bertz CT molecular complexity index is 787. The molecule has 0 aromatic heterocycles. The summed E-state index contributed by atoms with van der Waals surface area (Å²) < 4.78 is 52.4. The smallest absolute Gasteiger partial charge is 0.304 e. The average molecular weight is 351 g/mol. The van der Waals surface area contributed by atoms with E-state index in [-0.39, 0.29) is 5.78 Å². The number of piperidine rings is 1. The highest BCUT2D eigenvalue weighted by molar-refractivity contribution is 5.93. The van der Waals surface area contributed by atoms with Gasteiger partial charge in [-0.15, -0.1) is 0 Å². The van der Waals surface area contributed by atoms with Crippen LogP contribution in [0.15, 0.2) is 48.5 Å². The van der Waals surface area contributed by atoms with E-state index in [2.05, 4.69) is 0 Å². The maximum Gasteiger partial charge on any atom is 0.416 e. The molecule has 1 fully saturated rings. The predicted molar refractivity (Wildman–Crippen MR) is 85.8 cm³/mol. The lowest BCUT2D eigenvalue weighted by Crippen LogP contribution is -2.42. The molecule has 0 saturated carbocycles. The third-order valence-electron chi connectivity index (χ3n) is 4.54. The van der Waals surface area contributed by atoms with Crippen LogP contribution in [-0.2, 0) is 11.0 Å². The molecular weight excluding hydrogens is 334 g/mol. The van der Waals surface area contributed by atoms with Crippen molar-refractivity contribution in [3.8, 4) is 0 Å². The fourth-order valence-electron chi connectivity index (χ4n) is 3.32. The molecule has 2 unspecified atom stereocenters. The van der Waals surface area contributed by atoms with Crippen LogP contribution in [0, 0.1) is 5.82 Å². The zero-order chi connectivity index (χ0) is 18.2. The highest BCUT2D eigenvalue weighted by Crippen LogP contribution is 2.35. The lowest BCUT2D eigenvalue weighted by Gasteiger charge is -2.35. The van der Waals surface area contributed by atoms with Crippen LogP contribution in [0.5, 0.6) is 0 Å². The molecule has 1 aliphatic heterocycles. The minimum absolute atomic E-state index is 0.178. The monoisotopic (exact) mass is 351 g/mol. The first-order chi connectivity index (χ1) is 11.8. The van der Waals surface area contributed by atoms with Crippen LogP contribution < -0.4 is 0 Å². The van der Waals surface area contributed by atoms with E-state index in [1.54, 1.807) is 19.2 Å². The molecule has 2 nitrogen and oxygen atoms in total. The molecule has 6 heteroatoms. The van der Waals surface area contributed by atoms with Gasteiger partial charge >= 0.3 is 6.18 Å². The molecule has 0 radical (unpaired) electrons. The summed E-state index contributed by atoms with van der Waals surface area (Å²) in [6.45, 7) is 0.754. The van der Waals surface area contributed by atoms with Crippen molar-refractivity contribution >= 4 is 5.78 Å². The summed E-state index contributed by atoms with van der Waals surface area (Å²) in [5.74, 6) is -1.85. The van der Waals surface area contributed by atoms with Crippen LogP contribution in [0.4, 0.5) is 17.6 Å². The van der Waals surface area contributed by atoms with Gasteiger partial charge < -0.3 is 4.90 Å². The van der Waals surface area contributed by atoms with E-state index in [0.717, 1.165) is 12.1 Å². The summed E-state index contributed by atoms with van der Waals surface area (Å²) in [5, 5.41) is 0. The van der Waals surface area contributed by atoms with E-state index in [1.807, 2.05) is 4.90 Å². The van der Waals surface area contributed by atoms with Gasteiger partial charge in [-0.2, -0.15) is 13.2 Å². The molecule has 1 aliphatic rings. The Hall–Kier alpha value is -2.21. The van der Waals surface area contributed by atoms with E-state index in [1.165, 1.54) is 24.3 Å². The number of alkyl halides is 3. The molecular formula is C19H17F4NO. The molecule has 1 saturated heterocycles. The van der Waals surface area contributed by atoms with Crippen molar-refractivity contribution in [3.63, 3.8) is 0 Å². The van der Waals surface area contributed by atoms with Crippen molar-refractivity contribution in [1.29, 1.82) is 0 Å². The highest BCUT2D eigenvalue weighted by atomic mass is 19.4. The molecule has 25 heavy (non-hydrogen) atoms. The first kappa shape index (κ1) is 17.6. The van der Waals surface area contributed by atoms with Gasteiger partial charge in [0.25, 0.3) is 0 Å². The summed E-state index contributed by atoms with van der Waals surface area (Å²) in [6.07, 6.45) is -4.46. The topological polar surface area (TPSA) is 20.3 Å². The van der Waals surface area contributed by atoms with Crippen molar-refractivity contribution in [2.45, 2.75) is 18.0 Å². The molecule has 2 atom stereocenters. The van der Waals surface area contributed by atoms with Gasteiger partial charge in [-0.25, -0.2) is 4.39 Å². The number of benzene rings is 2. The Morgan fingerprint density at radius 2 is 1.52 bits per heavy atom. The van der Waals surface area contributed by atoms with Gasteiger partial charge in [-0.1, -0.05) is 30.3 Å². The summed E-state index contributed by atoms with van der Waals surface area (Å²) in [5.41, 5.74) is 0.120. The fraction of sp³-hybridized carbons (Fsp3) is 0.316. The van der Waals surface area contributed by atoms with Crippen LogP contribution >= 0.6 is 0 Å². The van der Waals surface area contributed by atoms with E-state index in [0.29, 0.717) is 24.2 Å². The van der Waals surface area contributed by atoms with Gasteiger partial charge in [-0.05, 0) is 36.4 Å². The van der Waals surface area contributed by atoms with E-state index in [9.17, 15) is 22.4 Å². The van der Waals surface area contributed by atoms with E-state index >= 15 is 0 Å². The maximum atomic E-state index is 13.5. The first-order valence-electron chi connectivity index (χ1n) is 7.90. The SMILES string of the molecule is CN1CC(c2cccc(F)c2)C(=O)C(c2cccc(C(F)(F)F)c2)C1. The van der Waals surface area contributed by atoms with Crippen molar-refractivity contribution in [1.82, 2.24) is 4.90 Å². The van der Waals surface area contributed by atoms with Gasteiger partial charge in [0.05, 0.1) is 17.4 Å². The number of likely N-dealkylation sites (tertiary alicyclic amines) is 1. The minimum Gasteiger partial charge on any atom is -0.304 e. The van der Waals surface area contributed by atoms with Crippen molar-refractivity contribution in [3.05, 3.63) is 71.0 Å². The number of hydrogen-bond acceptors (Lipinski definition) is 2. The summed E-state index contributed by atoms with van der Waals surface area (Å²) in [7, 11) is 1.80. The summed E-state index contributed by atoms with van der Waals surface area (Å²) in [4.78, 5) is 14.8. The summed E-state index contributed by atoms with van der Waals surface area (Å²) >= 11 is 0. The number of carbonyl (C=O) groups excluding carboxylic acids is 1. The summed E-state index contributed by atoms with van der Waals surface area (Å²) in [6, 6.07) is 10.7. The molecule has 0 N–H and O–H groups in total. The molecule has 1 heterocycles. The fourth-order valence-corrected chi connectivity index (χ4v) is 3.32. The Labute approximate surface area is 143 Å². The normalized spacial score (nSPS) is 22.2. The van der Waals surface area contributed by atoms with Gasteiger partial charge in [0.15, 0.2) is 0 Å². The Morgan fingerprint density at radius 1 is 0.960 bits per heavy atom. The van der Waals surface area contributed by atoms with Crippen molar-refractivity contribution in [2.24, 2.45) is 0 Å². The first-order valence-corrected chi connectivity index (χ1v) is 7.90. The largest absolute Gasteiger partial charge is 0.416 e.